The molecule has 1 heterocycles. The van der Waals surface area contributed by atoms with E-state index in [2.05, 4.69) is 17.2 Å². The molecule has 1 amide bonds. The molecule has 1 N–H and O–H groups in total. The molecule has 0 saturated heterocycles. The highest BCUT2D eigenvalue weighted by molar-refractivity contribution is 5.97. The zero-order chi connectivity index (χ0) is 16.2. The molecule has 0 aromatic carbocycles. The Bertz CT molecular complexity index is 523. The summed E-state index contributed by atoms with van der Waals surface area (Å²) in [6.45, 7) is 6.56. The van der Waals surface area contributed by atoms with Crippen molar-refractivity contribution in [1.29, 1.82) is 0 Å². The molecule has 2 rings (SSSR count). The first kappa shape index (κ1) is 16.7. The Balaban J connectivity index is 2.14. The number of pyridine rings is 1. The number of rotatable bonds is 5. The predicted molar refractivity (Wildman–Crippen MR) is 86.1 cm³/mol. The molecule has 0 bridgehead atoms. The molecule has 1 aliphatic rings. The van der Waals surface area contributed by atoms with Gasteiger partial charge in [0.25, 0.3) is 5.91 Å². The molecule has 0 atom stereocenters. The summed E-state index contributed by atoms with van der Waals surface area (Å²) in [4.78, 5) is 17.1. The third-order valence-corrected chi connectivity index (χ3v) is 4.43. The van der Waals surface area contributed by atoms with Gasteiger partial charge in [0.2, 0.25) is 5.88 Å². The van der Waals surface area contributed by atoms with Gasteiger partial charge in [-0.15, -0.1) is 0 Å². The summed E-state index contributed by atoms with van der Waals surface area (Å²) in [6, 6.07) is 3.57. The predicted octanol–water partition coefficient (Wildman–Crippen LogP) is 3.32. The fourth-order valence-electron chi connectivity index (χ4n) is 2.96. The minimum Gasteiger partial charge on any atom is -0.481 e. The molecule has 1 aliphatic carbocycles. The number of nitrogens with zero attached hydrogens (tertiary/aromatic N) is 1. The van der Waals surface area contributed by atoms with E-state index < -0.39 is 5.60 Å². The van der Waals surface area contributed by atoms with Crippen molar-refractivity contribution in [2.45, 2.75) is 52.1 Å². The monoisotopic (exact) mass is 306 g/mol. The zero-order valence-electron chi connectivity index (χ0n) is 13.9. The lowest BCUT2D eigenvalue weighted by molar-refractivity contribution is -0.146. The lowest BCUT2D eigenvalue weighted by Crippen LogP contribution is -2.48. The second-order valence-electron chi connectivity index (χ2n) is 6.05. The van der Waals surface area contributed by atoms with E-state index in [4.69, 9.17) is 9.47 Å². The Morgan fingerprint density at radius 3 is 2.64 bits per heavy atom. The van der Waals surface area contributed by atoms with Gasteiger partial charge in [-0.2, -0.15) is 0 Å². The van der Waals surface area contributed by atoms with E-state index in [1.54, 1.807) is 13.2 Å². The molecule has 1 saturated carbocycles. The summed E-state index contributed by atoms with van der Waals surface area (Å²) in [5.41, 5.74) is 0.750. The molecule has 0 spiro atoms. The van der Waals surface area contributed by atoms with Crippen LogP contribution < -0.4 is 10.1 Å². The molecule has 1 aromatic heterocycles. The summed E-state index contributed by atoms with van der Waals surface area (Å²) >= 11 is 0. The summed E-state index contributed by atoms with van der Waals surface area (Å²) in [6.07, 6.45) is 3.59. The minimum absolute atomic E-state index is 0.0590. The van der Waals surface area contributed by atoms with Gasteiger partial charge in [0.15, 0.2) is 0 Å². The number of methoxy groups -OCH3 is 1. The first-order chi connectivity index (χ1) is 10.5. The van der Waals surface area contributed by atoms with Crippen LogP contribution in [0.15, 0.2) is 12.1 Å². The van der Waals surface area contributed by atoms with Gasteiger partial charge in [0, 0.05) is 12.7 Å². The number of hydrogen-bond donors (Lipinski definition) is 1. The van der Waals surface area contributed by atoms with Gasteiger partial charge in [-0.05, 0) is 51.5 Å². The van der Waals surface area contributed by atoms with Crippen molar-refractivity contribution in [3.63, 3.8) is 0 Å². The van der Waals surface area contributed by atoms with Gasteiger partial charge in [-0.25, -0.2) is 4.98 Å². The normalized spacial score (nSPS) is 24.8. The van der Waals surface area contributed by atoms with Gasteiger partial charge in [-0.1, -0.05) is 6.92 Å². The average molecular weight is 306 g/mol. The quantitative estimate of drug-likeness (QED) is 0.906. The Morgan fingerprint density at radius 1 is 1.41 bits per heavy atom. The van der Waals surface area contributed by atoms with Crippen LogP contribution in [0, 0.1) is 12.8 Å². The van der Waals surface area contributed by atoms with Crippen molar-refractivity contribution in [1.82, 2.24) is 4.98 Å². The van der Waals surface area contributed by atoms with E-state index in [-0.39, 0.29) is 5.91 Å². The van der Waals surface area contributed by atoms with Crippen LogP contribution in [0.25, 0.3) is 0 Å². The molecular weight excluding hydrogens is 280 g/mol. The van der Waals surface area contributed by atoms with Crippen molar-refractivity contribution >= 4 is 11.6 Å². The van der Waals surface area contributed by atoms with Gasteiger partial charge < -0.3 is 14.8 Å². The fourth-order valence-corrected chi connectivity index (χ4v) is 2.96. The molecule has 0 unspecified atom stereocenters. The van der Waals surface area contributed by atoms with Crippen LogP contribution in [0.1, 0.15) is 45.2 Å². The summed E-state index contributed by atoms with van der Waals surface area (Å²) < 4.78 is 11.0. The van der Waals surface area contributed by atoms with Crippen molar-refractivity contribution in [3.8, 4) is 5.88 Å². The first-order valence-electron chi connectivity index (χ1n) is 7.98. The lowest BCUT2D eigenvalue weighted by Gasteiger charge is -2.37. The van der Waals surface area contributed by atoms with Crippen LogP contribution in [0.3, 0.4) is 0 Å². The second-order valence-corrected chi connectivity index (χ2v) is 6.05. The van der Waals surface area contributed by atoms with Crippen LogP contribution in [-0.2, 0) is 9.53 Å². The number of aryl methyl sites for hydroxylation is 1. The maximum Gasteiger partial charge on any atom is 0.256 e. The topological polar surface area (TPSA) is 60.5 Å². The lowest BCUT2D eigenvalue weighted by atomic mass is 9.78. The van der Waals surface area contributed by atoms with Crippen molar-refractivity contribution < 1.29 is 14.3 Å². The third kappa shape index (κ3) is 3.58. The number of anilines is 1. The fraction of sp³-hybridized carbons (Fsp3) is 0.647. The molecule has 5 nitrogen and oxygen atoms in total. The Morgan fingerprint density at radius 2 is 2.09 bits per heavy atom. The van der Waals surface area contributed by atoms with Crippen LogP contribution in [-0.4, -0.2) is 30.2 Å². The summed E-state index contributed by atoms with van der Waals surface area (Å²) in [5, 5.41) is 2.99. The SMILES string of the molecule is CCOC1(C(=O)Nc2ccc(OC)nc2C)CCC(C)CC1. The van der Waals surface area contributed by atoms with Crippen LogP contribution >= 0.6 is 0 Å². The highest BCUT2D eigenvalue weighted by Crippen LogP contribution is 2.36. The third-order valence-electron chi connectivity index (χ3n) is 4.43. The van der Waals surface area contributed by atoms with Crippen molar-refractivity contribution in [2.24, 2.45) is 5.92 Å². The maximum atomic E-state index is 12.8. The number of amides is 1. The Kier molecular flexibility index (Phi) is 5.40. The summed E-state index contributed by atoms with van der Waals surface area (Å²) in [7, 11) is 1.58. The second kappa shape index (κ2) is 7.09. The molecule has 122 valence electrons. The molecule has 0 radical (unpaired) electrons. The highest BCUT2D eigenvalue weighted by Gasteiger charge is 2.42. The van der Waals surface area contributed by atoms with E-state index in [9.17, 15) is 4.79 Å². The van der Waals surface area contributed by atoms with Gasteiger partial charge >= 0.3 is 0 Å². The number of hydrogen-bond acceptors (Lipinski definition) is 4. The van der Waals surface area contributed by atoms with Crippen LogP contribution in [0.4, 0.5) is 5.69 Å². The minimum atomic E-state index is -0.701. The van der Waals surface area contributed by atoms with Crippen LogP contribution in [0.2, 0.25) is 0 Å². The van der Waals surface area contributed by atoms with Gasteiger partial charge in [-0.3, -0.25) is 4.79 Å². The van der Waals surface area contributed by atoms with Crippen molar-refractivity contribution in [3.05, 3.63) is 17.8 Å². The largest absolute Gasteiger partial charge is 0.481 e. The average Bonchev–Trinajstić information content (AvgIpc) is 2.51. The van der Waals surface area contributed by atoms with E-state index in [1.807, 2.05) is 19.9 Å². The van der Waals surface area contributed by atoms with Gasteiger partial charge in [0.05, 0.1) is 18.5 Å². The molecule has 5 heteroatoms. The molecule has 0 aliphatic heterocycles. The Labute approximate surface area is 132 Å². The number of ether oxygens (including phenoxy) is 2. The maximum absolute atomic E-state index is 12.8. The van der Waals surface area contributed by atoms with E-state index in [1.165, 1.54) is 0 Å². The number of carbonyl (C=O) groups is 1. The molecule has 1 aromatic rings. The van der Waals surface area contributed by atoms with E-state index in [0.717, 1.165) is 31.4 Å². The first-order valence-corrected chi connectivity index (χ1v) is 7.98. The van der Waals surface area contributed by atoms with Gasteiger partial charge in [0.1, 0.15) is 5.60 Å². The molecular formula is C17H26N2O3. The van der Waals surface area contributed by atoms with Crippen molar-refractivity contribution in [2.75, 3.05) is 19.0 Å². The number of carbonyl (C=O) groups excluding carboxylic acids is 1. The summed E-state index contributed by atoms with van der Waals surface area (Å²) in [5.74, 6) is 1.14. The molecule has 22 heavy (non-hydrogen) atoms. The smallest absolute Gasteiger partial charge is 0.256 e. The van der Waals surface area contributed by atoms with E-state index in [0.29, 0.717) is 24.1 Å². The Hall–Kier alpha value is -1.62. The highest BCUT2D eigenvalue weighted by atomic mass is 16.5. The zero-order valence-corrected chi connectivity index (χ0v) is 13.9. The van der Waals surface area contributed by atoms with E-state index >= 15 is 0 Å². The number of nitrogens with one attached hydrogen (secondary N) is 1. The standard InChI is InChI=1S/C17H26N2O3/c1-5-22-17(10-8-12(2)9-11-17)16(20)19-14-6-7-15(21-4)18-13(14)3/h6-7,12H,5,8-11H2,1-4H3,(H,19,20). The molecule has 1 fully saturated rings. The number of aromatic nitrogens is 1. The van der Waals surface area contributed by atoms with Crippen LogP contribution in [0.5, 0.6) is 5.88 Å².